The minimum Gasteiger partial charge on any atom is -0.489 e. The summed E-state index contributed by atoms with van der Waals surface area (Å²) in [6, 6.07) is 12.5. The Kier molecular flexibility index (Phi) is 4.48. The third kappa shape index (κ3) is 3.35. The van der Waals surface area contributed by atoms with Gasteiger partial charge in [0.25, 0.3) is 0 Å². The minimum atomic E-state index is -1.07. The lowest BCUT2D eigenvalue weighted by molar-refractivity contribution is -0.147. The van der Waals surface area contributed by atoms with Crippen LogP contribution >= 0.6 is 0 Å². The third-order valence-corrected chi connectivity index (χ3v) is 4.77. The van der Waals surface area contributed by atoms with Crippen molar-refractivity contribution in [2.45, 2.75) is 18.3 Å². The number of halogens is 2. The first-order valence-corrected chi connectivity index (χ1v) is 8.69. The number of esters is 1. The van der Waals surface area contributed by atoms with E-state index in [0.717, 1.165) is 29.1 Å². The summed E-state index contributed by atoms with van der Waals surface area (Å²) in [5.74, 6) is -1.06. The van der Waals surface area contributed by atoms with Gasteiger partial charge in [-0.1, -0.05) is 12.1 Å². The number of carbonyl (C=O) groups is 1. The van der Waals surface area contributed by atoms with Crippen molar-refractivity contribution in [3.63, 3.8) is 0 Å². The van der Waals surface area contributed by atoms with Gasteiger partial charge in [-0.3, -0.25) is 9.78 Å². The molecule has 6 heteroatoms. The molecule has 1 aliphatic rings. The van der Waals surface area contributed by atoms with E-state index in [1.165, 1.54) is 0 Å². The molecule has 4 nitrogen and oxygen atoms in total. The number of ether oxygens (including phenoxy) is 2. The van der Waals surface area contributed by atoms with Crippen LogP contribution in [0.5, 0.6) is 5.75 Å². The highest BCUT2D eigenvalue weighted by Crippen LogP contribution is 2.50. The van der Waals surface area contributed by atoms with Crippen molar-refractivity contribution in [1.29, 1.82) is 0 Å². The summed E-state index contributed by atoms with van der Waals surface area (Å²) in [6.45, 7) is 0.176. The molecule has 0 amide bonds. The number of benzene rings is 2. The van der Waals surface area contributed by atoms with Crippen LogP contribution < -0.4 is 4.74 Å². The summed E-state index contributed by atoms with van der Waals surface area (Å²) in [4.78, 5) is 16.7. The fourth-order valence-corrected chi connectivity index (χ4v) is 3.19. The Labute approximate surface area is 154 Å². The van der Waals surface area contributed by atoms with E-state index < -0.39 is 23.0 Å². The van der Waals surface area contributed by atoms with Crippen molar-refractivity contribution in [2.75, 3.05) is 13.2 Å². The summed E-state index contributed by atoms with van der Waals surface area (Å²) in [5.41, 5.74) is -0.200. The molecule has 1 saturated carbocycles. The molecular formula is C21H17F2NO3. The predicted molar refractivity (Wildman–Crippen MR) is 95.5 cm³/mol. The fraction of sp³-hybridized carbons (Fsp3) is 0.238. The maximum Gasteiger partial charge on any atom is 0.316 e. The van der Waals surface area contributed by atoms with Crippen molar-refractivity contribution < 1.29 is 23.0 Å². The highest BCUT2D eigenvalue weighted by Gasteiger charge is 2.54. The predicted octanol–water partition coefficient (Wildman–Crippen LogP) is 4.17. The smallest absolute Gasteiger partial charge is 0.316 e. The molecule has 4 rings (SSSR count). The highest BCUT2D eigenvalue weighted by molar-refractivity contribution is 5.87. The quantitative estimate of drug-likeness (QED) is 0.483. The molecule has 1 heterocycles. The average molecular weight is 369 g/mol. The van der Waals surface area contributed by atoms with Gasteiger partial charge in [0.2, 0.25) is 0 Å². The van der Waals surface area contributed by atoms with Gasteiger partial charge in [0, 0.05) is 17.1 Å². The van der Waals surface area contributed by atoms with Gasteiger partial charge in [0.15, 0.2) is 0 Å². The van der Waals surface area contributed by atoms with Crippen LogP contribution in [0.3, 0.4) is 0 Å². The van der Waals surface area contributed by atoms with Crippen molar-refractivity contribution >= 4 is 16.9 Å². The maximum absolute atomic E-state index is 14.0. The number of aromatic nitrogens is 1. The second-order valence-electron chi connectivity index (χ2n) is 6.52. The Morgan fingerprint density at radius 1 is 1.07 bits per heavy atom. The van der Waals surface area contributed by atoms with Crippen molar-refractivity contribution in [1.82, 2.24) is 4.98 Å². The first kappa shape index (κ1) is 17.4. The van der Waals surface area contributed by atoms with Crippen LogP contribution in [-0.2, 0) is 14.9 Å². The number of pyridine rings is 1. The monoisotopic (exact) mass is 369 g/mol. The third-order valence-electron chi connectivity index (χ3n) is 4.77. The molecule has 3 aromatic rings. The second kappa shape index (κ2) is 6.95. The molecule has 0 N–H and O–H groups in total. The lowest BCUT2D eigenvalue weighted by atomic mass is 9.95. The number of rotatable bonds is 6. The van der Waals surface area contributed by atoms with Gasteiger partial charge >= 0.3 is 5.97 Å². The molecule has 0 atom stereocenters. The van der Waals surface area contributed by atoms with Gasteiger partial charge < -0.3 is 9.47 Å². The van der Waals surface area contributed by atoms with E-state index in [9.17, 15) is 13.6 Å². The Morgan fingerprint density at radius 3 is 2.70 bits per heavy atom. The van der Waals surface area contributed by atoms with E-state index in [-0.39, 0.29) is 18.8 Å². The van der Waals surface area contributed by atoms with E-state index in [1.807, 2.05) is 24.3 Å². The van der Waals surface area contributed by atoms with Gasteiger partial charge in [0.05, 0.1) is 10.9 Å². The molecule has 0 saturated heterocycles. The summed E-state index contributed by atoms with van der Waals surface area (Å²) in [6.07, 6.45) is 2.54. The van der Waals surface area contributed by atoms with E-state index in [2.05, 4.69) is 4.98 Å². The number of para-hydroxylation sites is 1. The molecule has 1 aliphatic carbocycles. The standard InChI is InChI=1S/C21H17F2NO3/c22-14-5-6-17(23)16(13-14)21(8-9-21)20(25)27-12-11-26-19-7-10-24-18-4-2-1-3-15(18)19/h1-7,10,13H,8-9,11-12H2. The van der Waals surface area contributed by atoms with Crippen LogP contribution in [0.15, 0.2) is 54.7 Å². The van der Waals surface area contributed by atoms with E-state index in [0.29, 0.717) is 18.6 Å². The van der Waals surface area contributed by atoms with Gasteiger partial charge in [-0.15, -0.1) is 0 Å². The summed E-state index contributed by atoms with van der Waals surface area (Å²) in [5, 5.41) is 0.867. The number of fused-ring (bicyclic) bond motifs is 1. The van der Waals surface area contributed by atoms with Crippen LogP contribution in [-0.4, -0.2) is 24.2 Å². The molecule has 0 unspecified atom stereocenters. The number of carbonyl (C=O) groups excluding carboxylic acids is 1. The Balaban J connectivity index is 1.38. The molecule has 2 aromatic carbocycles. The zero-order valence-corrected chi connectivity index (χ0v) is 14.5. The molecule has 1 aromatic heterocycles. The van der Waals surface area contributed by atoms with Crippen molar-refractivity contribution in [3.05, 3.63) is 71.9 Å². The Morgan fingerprint density at radius 2 is 1.89 bits per heavy atom. The molecule has 0 bridgehead atoms. The van der Waals surface area contributed by atoms with E-state index >= 15 is 0 Å². The Bertz CT molecular complexity index is 996. The van der Waals surface area contributed by atoms with Crippen LogP contribution in [0.1, 0.15) is 18.4 Å². The summed E-state index contributed by atoms with van der Waals surface area (Å²) < 4.78 is 38.4. The molecule has 0 radical (unpaired) electrons. The zero-order valence-electron chi connectivity index (χ0n) is 14.5. The SMILES string of the molecule is O=C(OCCOc1ccnc2ccccc12)C1(c2cc(F)ccc2F)CC1. The van der Waals surface area contributed by atoms with Crippen LogP contribution in [0, 0.1) is 11.6 Å². The van der Waals surface area contributed by atoms with Crippen LogP contribution in [0.25, 0.3) is 10.9 Å². The maximum atomic E-state index is 14.0. The normalized spacial score (nSPS) is 14.7. The molecule has 0 spiro atoms. The summed E-state index contributed by atoms with van der Waals surface area (Å²) >= 11 is 0. The van der Waals surface area contributed by atoms with E-state index in [1.54, 1.807) is 12.3 Å². The zero-order chi connectivity index (χ0) is 18.9. The topological polar surface area (TPSA) is 48.4 Å². The number of hydrogen-bond acceptors (Lipinski definition) is 4. The fourth-order valence-electron chi connectivity index (χ4n) is 3.19. The lowest BCUT2D eigenvalue weighted by Crippen LogP contribution is -2.26. The van der Waals surface area contributed by atoms with Crippen LogP contribution in [0.2, 0.25) is 0 Å². The van der Waals surface area contributed by atoms with Crippen molar-refractivity contribution in [2.24, 2.45) is 0 Å². The van der Waals surface area contributed by atoms with Gasteiger partial charge in [-0.25, -0.2) is 8.78 Å². The number of nitrogens with zero attached hydrogens (tertiary/aromatic N) is 1. The lowest BCUT2D eigenvalue weighted by Gasteiger charge is -2.16. The molecular weight excluding hydrogens is 352 g/mol. The Hall–Kier alpha value is -3.02. The summed E-state index contributed by atoms with van der Waals surface area (Å²) in [7, 11) is 0. The molecule has 27 heavy (non-hydrogen) atoms. The molecule has 0 aliphatic heterocycles. The minimum absolute atomic E-state index is 0.0220. The van der Waals surface area contributed by atoms with Gasteiger partial charge in [-0.05, 0) is 49.2 Å². The van der Waals surface area contributed by atoms with Gasteiger partial charge in [0.1, 0.15) is 30.6 Å². The average Bonchev–Trinajstić information content (AvgIpc) is 3.49. The van der Waals surface area contributed by atoms with Gasteiger partial charge in [-0.2, -0.15) is 0 Å². The number of hydrogen-bond donors (Lipinski definition) is 0. The van der Waals surface area contributed by atoms with Crippen molar-refractivity contribution in [3.8, 4) is 5.75 Å². The second-order valence-corrected chi connectivity index (χ2v) is 6.52. The molecule has 138 valence electrons. The van der Waals surface area contributed by atoms with E-state index in [4.69, 9.17) is 9.47 Å². The van der Waals surface area contributed by atoms with Crippen LogP contribution in [0.4, 0.5) is 8.78 Å². The molecule has 1 fully saturated rings. The highest BCUT2D eigenvalue weighted by atomic mass is 19.1. The largest absolute Gasteiger partial charge is 0.489 e. The first-order chi connectivity index (χ1) is 13.1. The first-order valence-electron chi connectivity index (χ1n) is 8.69.